The number of carbonyl (C=O) groups excluding carboxylic acids is 1. The molecule has 1 amide bonds. The van der Waals surface area contributed by atoms with Gasteiger partial charge >= 0.3 is 0 Å². The van der Waals surface area contributed by atoms with Crippen molar-refractivity contribution in [3.63, 3.8) is 0 Å². The highest BCUT2D eigenvalue weighted by atomic mass is 19.1. The van der Waals surface area contributed by atoms with Crippen LogP contribution in [0.15, 0.2) is 24.3 Å². The average molecular weight is 396 g/mol. The molecule has 0 saturated carbocycles. The summed E-state index contributed by atoms with van der Waals surface area (Å²) in [6.45, 7) is 3.47. The quantitative estimate of drug-likeness (QED) is 0.667. The molecular formula is C21H25FN6O. The molecule has 1 unspecified atom stereocenters. The molecule has 0 bridgehead atoms. The average Bonchev–Trinajstić information content (AvgIpc) is 3.38. The molecule has 1 fully saturated rings. The molecule has 1 atom stereocenters. The van der Waals surface area contributed by atoms with Gasteiger partial charge in [-0.15, -0.1) is 10.2 Å². The Labute approximate surface area is 168 Å². The van der Waals surface area contributed by atoms with E-state index in [2.05, 4.69) is 26.7 Å². The van der Waals surface area contributed by atoms with E-state index >= 15 is 0 Å². The lowest BCUT2D eigenvalue weighted by atomic mass is 10.2. The summed E-state index contributed by atoms with van der Waals surface area (Å²) in [6, 6.07) is 6.34. The van der Waals surface area contributed by atoms with E-state index < -0.39 is 0 Å². The third-order valence-corrected chi connectivity index (χ3v) is 6.31. The van der Waals surface area contributed by atoms with Crippen molar-refractivity contribution in [3.8, 4) is 0 Å². The van der Waals surface area contributed by atoms with E-state index in [1.165, 1.54) is 12.1 Å². The number of rotatable bonds is 2. The van der Waals surface area contributed by atoms with Gasteiger partial charge in [0.1, 0.15) is 17.3 Å². The normalized spacial score (nSPS) is 20.2. The zero-order chi connectivity index (χ0) is 20.1. The highest BCUT2D eigenvalue weighted by molar-refractivity contribution is 5.99. The first-order valence-electron chi connectivity index (χ1n) is 10.2. The van der Waals surface area contributed by atoms with E-state index in [1.54, 1.807) is 12.1 Å². The topological polar surface area (TPSA) is 59.2 Å². The first-order chi connectivity index (χ1) is 14.0. The van der Waals surface area contributed by atoms with Gasteiger partial charge in [0.05, 0.1) is 6.04 Å². The van der Waals surface area contributed by atoms with Gasteiger partial charge in [-0.1, -0.05) is 0 Å². The highest BCUT2D eigenvalue weighted by Crippen LogP contribution is 2.34. The second-order valence-corrected chi connectivity index (χ2v) is 8.13. The Bertz CT molecular complexity index is 1090. The summed E-state index contributed by atoms with van der Waals surface area (Å²) in [5.74, 6) is 1.57. The zero-order valence-electron chi connectivity index (χ0n) is 16.8. The number of amides is 1. The molecule has 3 aromatic rings. The van der Waals surface area contributed by atoms with Crippen LogP contribution in [0.1, 0.15) is 41.0 Å². The summed E-state index contributed by atoms with van der Waals surface area (Å²) in [5, 5.41) is 9.66. The molecule has 0 spiro atoms. The van der Waals surface area contributed by atoms with Crippen molar-refractivity contribution in [1.29, 1.82) is 0 Å². The number of benzene rings is 1. The maximum atomic E-state index is 13.6. The van der Waals surface area contributed by atoms with Crippen LogP contribution in [0, 0.1) is 5.82 Å². The van der Waals surface area contributed by atoms with Gasteiger partial charge in [0.25, 0.3) is 5.91 Å². The molecule has 8 heteroatoms. The Morgan fingerprint density at radius 1 is 1.10 bits per heavy atom. The molecule has 1 aromatic carbocycles. The predicted octanol–water partition coefficient (Wildman–Crippen LogP) is 2.37. The van der Waals surface area contributed by atoms with Crippen molar-refractivity contribution < 1.29 is 9.18 Å². The van der Waals surface area contributed by atoms with Crippen LogP contribution in [0.25, 0.3) is 10.9 Å². The van der Waals surface area contributed by atoms with Crippen LogP contribution in [0.5, 0.6) is 0 Å². The summed E-state index contributed by atoms with van der Waals surface area (Å²) in [7, 11) is 3.98. The molecule has 0 N–H and O–H groups in total. The van der Waals surface area contributed by atoms with E-state index in [0.717, 1.165) is 61.4 Å². The van der Waals surface area contributed by atoms with Crippen molar-refractivity contribution in [2.24, 2.45) is 7.05 Å². The minimum Gasteiger partial charge on any atom is -0.340 e. The fraction of sp³-hybridized carbons (Fsp3) is 0.476. The number of aryl methyl sites for hydroxylation is 1. The Kier molecular flexibility index (Phi) is 4.38. The third kappa shape index (κ3) is 3.02. The van der Waals surface area contributed by atoms with E-state index in [9.17, 15) is 9.18 Å². The number of fused-ring (bicyclic) bond motifs is 2. The fourth-order valence-corrected chi connectivity index (χ4v) is 4.65. The summed E-state index contributed by atoms with van der Waals surface area (Å²) >= 11 is 0. The van der Waals surface area contributed by atoms with E-state index in [0.29, 0.717) is 12.2 Å². The number of halogens is 1. The van der Waals surface area contributed by atoms with Crippen molar-refractivity contribution in [3.05, 3.63) is 47.4 Å². The summed E-state index contributed by atoms with van der Waals surface area (Å²) in [6.07, 6.45) is 2.70. The Morgan fingerprint density at radius 3 is 2.83 bits per heavy atom. The van der Waals surface area contributed by atoms with Gasteiger partial charge < -0.3 is 18.9 Å². The Hall–Kier alpha value is -2.74. The van der Waals surface area contributed by atoms with Crippen molar-refractivity contribution in [2.45, 2.75) is 31.8 Å². The van der Waals surface area contributed by atoms with Crippen molar-refractivity contribution >= 4 is 16.8 Å². The van der Waals surface area contributed by atoms with Gasteiger partial charge in [-0.25, -0.2) is 4.39 Å². The van der Waals surface area contributed by atoms with Crippen molar-refractivity contribution in [2.75, 3.05) is 26.7 Å². The Balaban J connectivity index is 1.48. The molecule has 0 radical (unpaired) electrons. The number of likely N-dealkylation sites (tertiary alicyclic amines) is 1. The fourth-order valence-electron chi connectivity index (χ4n) is 4.65. The van der Waals surface area contributed by atoms with Gasteiger partial charge in [-0.3, -0.25) is 4.79 Å². The number of hydrogen-bond donors (Lipinski definition) is 0. The maximum Gasteiger partial charge on any atom is 0.271 e. The van der Waals surface area contributed by atoms with Crippen LogP contribution in [0.2, 0.25) is 0 Å². The second kappa shape index (κ2) is 6.95. The van der Waals surface area contributed by atoms with Crippen molar-refractivity contribution in [1.82, 2.24) is 29.1 Å². The lowest BCUT2D eigenvalue weighted by Crippen LogP contribution is -2.33. The molecule has 2 aliphatic heterocycles. The second-order valence-electron chi connectivity index (χ2n) is 8.13. The Morgan fingerprint density at radius 2 is 1.97 bits per heavy atom. The predicted molar refractivity (Wildman–Crippen MR) is 107 cm³/mol. The minimum absolute atomic E-state index is 0.0327. The minimum atomic E-state index is -0.294. The first kappa shape index (κ1) is 18.3. The van der Waals surface area contributed by atoms with Crippen LogP contribution in [0.4, 0.5) is 4.39 Å². The van der Waals surface area contributed by atoms with E-state index in [4.69, 9.17) is 0 Å². The van der Waals surface area contributed by atoms with Gasteiger partial charge in [0.2, 0.25) is 0 Å². The SMILES string of the molecule is CN1CCc2nnc(C3CCCN3C(=O)c3cc4cc(F)ccc4n3C)n2CC1. The molecule has 29 heavy (non-hydrogen) atoms. The molecular weight excluding hydrogens is 371 g/mol. The lowest BCUT2D eigenvalue weighted by Gasteiger charge is -2.25. The van der Waals surface area contributed by atoms with E-state index in [1.807, 2.05) is 16.5 Å². The molecule has 2 aliphatic rings. The largest absolute Gasteiger partial charge is 0.340 e. The van der Waals surface area contributed by atoms with Gasteiger partial charge in [0, 0.05) is 50.6 Å². The smallest absolute Gasteiger partial charge is 0.271 e. The monoisotopic (exact) mass is 396 g/mol. The highest BCUT2D eigenvalue weighted by Gasteiger charge is 2.36. The van der Waals surface area contributed by atoms with Crippen LogP contribution >= 0.6 is 0 Å². The zero-order valence-corrected chi connectivity index (χ0v) is 16.8. The maximum absolute atomic E-state index is 13.6. The van der Waals surface area contributed by atoms with Crippen LogP contribution < -0.4 is 0 Å². The molecule has 2 aromatic heterocycles. The standard InChI is InChI=1S/C21H25FN6O/c1-25-9-7-19-23-24-20(28(19)11-10-25)17-4-3-8-27(17)21(29)18-13-14-12-15(22)5-6-16(14)26(18)2/h5-6,12-13,17H,3-4,7-11H2,1-2H3. The van der Waals surface area contributed by atoms with Crippen LogP contribution in [-0.4, -0.2) is 61.7 Å². The molecule has 1 saturated heterocycles. The molecule has 0 aliphatic carbocycles. The molecule has 152 valence electrons. The molecule has 4 heterocycles. The van der Waals surface area contributed by atoms with Gasteiger partial charge in [0.15, 0.2) is 5.82 Å². The molecule has 7 nitrogen and oxygen atoms in total. The number of aromatic nitrogens is 4. The number of nitrogens with zero attached hydrogens (tertiary/aromatic N) is 6. The number of hydrogen-bond acceptors (Lipinski definition) is 4. The third-order valence-electron chi connectivity index (χ3n) is 6.31. The summed E-state index contributed by atoms with van der Waals surface area (Å²) in [5.41, 5.74) is 1.43. The number of carbonyl (C=O) groups is 1. The summed E-state index contributed by atoms with van der Waals surface area (Å²) < 4.78 is 17.7. The van der Waals surface area contributed by atoms with Crippen LogP contribution in [-0.2, 0) is 20.0 Å². The first-order valence-corrected chi connectivity index (χ1v) is 10.2. The number of likely N-dealkylation sites (N-methyl/N-ethyl adjacent to an activating group) is 1. The summed E-state index contributed by atoms with van der Waals surface area (Å²) in [4.78, 5) is 17.7. The van der Waals surface area contributed by atoms with Crippen LogP contribution in [0.3, 0.4) is 0 Å². The lowest BCUT2D eigenvalue weighted by molar-refractivity contribution is 0.0717. The van der Waals surface area contributed by atoms with Gasteiger partial charge in [-0.05, 0) is 44.2 Å². The van der Waals surface area contributed by atoms with E-state index in [-0.39, 0.29) is 17.8 Å². The molecule has 5 rings (SSSR count). The van der Waals surface area contributed by atoms with Gasteiger partial charge in [-0.2, -0.15) is 0 Å².